The second kappa shape index (κ2) is 5.76. The highest BCUT2D eigenvalue weighted by Gasteiger charge is 2.44. The van der Waals surface area contributed by atoms with Gasteiger partial charge in [-0.1, -0.05) is 20.8 Å². The summed E-state index contributed by atoms with van der Waals surface area (Å²) >= 11 is 0. The molecule has 0 bridgehead atoms. The number of likely N-dealkylation sites (tertiary alicyclic amines) is 1. The number of hydrogen-bond donors (Lipinski definition) is 2. The second-order valence-corrected chi connectivity index (χ2v) is 7.62. The average Bonchev–Trinajstić information content (AvgIpc) is 2.20. The Morgan fingerprint density at radius 2 is 1.95 bits per heavy atom. The van der Waals surface area contributed by atoms with Crippen molar-refractivity contribution in [1.29, 1.82) is 0 Å². The highest BCUT2D eigenvalue weighted by molar-refractivity contribution is 7.88. The molecule has 1 atom stereocenters. The predicted octanol–water partition coefficient (Wildman–Crippen LogP) is -0.0664. The Balaban J connectivity index is 2.68. The van der Waals surface area contributed by atoms with Gasteiger partial charge in [-0.05, 0) is 18.8 Å². The first kappa shape index (κ1) is 16.4. The zero-order valence-electron chi connectivity index (χ0n) is 12.0. The van der Waals surface area contributed by atoms with Crippen molar-refractivity contribution in [3.8, 4) is 0 Å². The number of carbonyl (C=O) groups is 1. The number of nitrogens with one attached hydrogen (secondary N) is 1. The van der Waals surface area contributed by atoms with E-state index in [2.05, 4.69) is 4.72 Å². The van der Waals surface area contributed by atoms with Crippen LogP contribution in [-0.2, 0) is 14.8 Å². The summed E-state index contributed by atoms with van der Waals surface area (Å²) in [4.78, 5) is 13.7. The third-order valence-electron chi connectivity index (χ3n) is 3.30. The van der Waals surface area contributed by atoms with Gasteiger partial charge in [-0.25, -0.2) is 13.1 Å². The molecular formula is C12H24N2O4S. The van der Waals surface area contributed by atoms with Crippen LogP contribution in [-0.4, -0.2) is 55.3 Å². The highest BCUT2D eigenvalue weighted by Crippen LogP contribution is 2.25. The molecule has 1 aliphatic heterocycles. The Labute approximate surface area is 115 Å². The highest BCUT2D eigenvalue weighted by atomic mass is 32.2. The van der Waals surface area contributed by atoms with Gasteiger partial charge in [0.2, 0.25) is 15.9 Å². The summed E-state index contributed by atoms with van der Waals surface area (Å²) in [5.41, 5.74) is -0.802. The Kier molecular flexibility index (Phi) is 4.97. The number of sulfonamides is 1. The molecule has 1 rings (SSSR count). The standard InChI is InChI=1S/C12H24N2O4S/c1-5-12(16)7-14(8-12)11(15)10(6-9(2)3)13-19(4,17)18/h9-10,13,16H,5-8H2,1-4H3. The van der Waals surface area contributed by atoms with Crippen LogP contribution in [0.5, 0.6) is 0 Å². The maximum Gasteiger partial charge on any atom is 0.240 e. The third-order valence-corrected chi connectivity index (χ3v) is 4.01. The maximum absolute atomic E-state index is 12.2. The lowest BCUT2D eigenvalue weighted by Gasteiger charge is -2.47. The Morgan fingerprint density at radius 3 is 2.32 bits per heavy atom. The van der Waals surface area contributed by atoms with Crippen LogP contribution in [0.15, 0.2) is 0 Å². The van der Waals surface area contributed by atoms with Gasteiger partial charge in [-0.2, -0.15) is 0 Å². The fourth-order valence-corrected chi connectivity index (χ4v) is 2.91. The van der Waals surface area contributed by atoms with Gasteiger partial charge in [0.15, 0.2) is 0 Å². The lowest BCUT2D eigenvalue weighted by molar-refractivity contribution is -0.157. The first-order chi connectivity index (χ1) is 8.56. The number of hydrogen-bond acceptors (Lipinski definition) is 4. The first-order valence-corrected chi connectivity index (χ1v) is 8.44. The fourth-order valence-electron chi connectivity index (χ4n) is 2.19. The van der Waals surface area contributed by atoms with Crippen LogP contribution in [0.2, 0.25) is 0 Å². The van der Waals surface area contributed by atoms with Gasteiger partial charge in [0.05, 0.1) is 24.9 Å². The molecule has 0 spiro atoms. The smallest absolute Gasteiger partial charge is 0.240 e. The van der Waals surface area contributed by atoms with Crippen LogP contribution in [0.1, 0.15) is 33.6 Å². The molecule has 6 nitrogen and oxygen atoms in total. The van der Waals surface area contributed by atoms with Gasteiger partial charge < -0.3 is 10.0 Å². The molecule has 0 aromatic heterocycles. The van der Waals surface area contributed by atoms with Crippen LogP contribution in [0.4, 0.5) is 0 Å². The van der Waals surface area contributed by atoms with Crippen LogP contribution in [0.3, 0.4) is 0 Å². The van der Waals surface area contributed by atoms with Crippen molar-refractivity contribution in [1.82, 2.24) is 9.62 Å². The molecule has 0 aromatic carbocycles. The van der Waals surface area contributed by atoms with E-state index in [1.165, 1.54) is 4.90 Å². The second-order valence-electron chi connectivity index (χ2n) is 5.84. The van der Waals surface area contributed by atoms with Crippen molar-refractivity contribution in [2.75, 3.05) is 19.3 Å². The topological polar surface area (TPSA) is 86.7 Å². The van der Waals surface area contributed by atoms with E-state index >= 15 is 0 Å². The van der Waals surface area contributed by atoms with Gasteiger partial charge in [0, 0.05) is 0 Å². The van der Waals surface area contributed by atoms with Gasteiger partial charge in [-0.15, -0.1) is 0 Å². The van der Waals surface area contributed by atoms with Crippen molar-refractivity contribution < 1.29 is 18.3 Å². The Morgan fingerprint density at radius 1 is 1.42 bits per heavy atom. The van der Waals surface area contributed by atoms with E-state index in [-0.39, 0.29) is 24.9 Å². The molecular weight excluding hydrogens is 268 g/mol. The average molecular weight is 292 g/mol. The molecule has 2 N–H and O–H groups in total. The van der Waals surface area contributed by atoms with E-state index in [1.807, 2.05) is 20.8 Å². The minimum Gasteiger partial charge on any atom is -0.386 e. The van der Waals surface area contributed by atoms with E-state index in [9.17, 15) is 18.3 Å². The minimum atomic E-state index is -3.43. The Bertz CT molecular complexity index is 427. The molecule has 1 amide bonds. The normalized spacial score (nSPS) is 20.2. The zero-order chi connectivity index (χ0) is 14.8. The summed E-state index contributed by atoms with van der Waals surface area (Å²) in [6, 6.07) is -0.739. The van der Waals surface area contributed by atoms with Crippen LogP contribution in [0.25, 0.3) is 0 Å². The quantitative estimate of drug-likeness (QED) is 0.717. The summed E-state index contributed by atoms with van der Waals surface area (Å²) in [6.07, 6.45) is 2.09. The summed E-state index contributed by atoms with van der Waals surface area (Å²) in [5.74, 6) is -0.0493. The molecule has 1 aliphatic rings. The molecule has 0 aliphatic carbocycles. The third kappa shape index (κ3) is 4.74. The van der Waals surface area contributed by atoms with Crippen molar-refractivity contribution in [3.05, 3.63) is 0 Å². The molecule has 1 unspecified atom stereocenters. The van der Waals surface area contributed by atoms with Gasteiger partial charge in [0.1, 0.15) is 6.04 Å². The van der Waals surface area contributed by atoms with E-state index in [0.717, 1.165) is 6.26 Å². The molecule has 0 saturated carbocycles. The molecule has 19 heavy (non-hydrogen) atoms. The summed E-state index contributed by atoms with van der Waals surface area (Å²) in [6.45, 7) is 6.29. The molecule has 0 aromatic rings. The lowest BCUT2D eigenvalue weighted by Crippen LogP contribution is -2.66. The van der Waals surface area contributed by atoms with Crippen molar-refractivity contribution in [3.63, 3.8) is 0 Å². The number of aliphatic hydroxyl groups is 1. The lowest BCUT2D eigenvalue weighted by atomic mass is 9.90. The van der Waals surface area contributed by atoms with E-state index in [1.54, 1.807) is 0 Å². The van der Waals surface area contributed by atoms with E-state index in [4.69, 9.17) is 0 Å². The maximum atomic E-state index is 12.2. The minimum absolute atomic E-state index is 0.203. The van der Waals surface area contributed by atoms with Crippen molar-refractivity contribution in [2.45, 2.75) is 45.3 Å². The first-order valence-electron chi connectivity index (χ1n) is 6.55. The SMILES string of the molecule is CCC1(O)CN(C(=O)C(CC(C)C)NS(C)(=O)=O)C1. The van der Waals surface area contributed by atoms with Gasteiger partial charge in [-0.3, -0.25) is 4.79 Å². The predicted molar refractivity (Wildman–Crippen MR) is 73.0 cm³/mol. The summed E-state index contributed by atoms with van der Waals surface area (Å²) in [7, 11) is -3.43. The number of amides is 1. The summed E-state index contributed by atoms with van der Waals surface area (Å²) in [5, 5.41) is 9.90. The zero-order valence-corrected chi connectivity index (χ0v) is 12.8. The van der Waals surface area contributed by atoms with Crippen LogP contribution >= 0.6 is 0 Å². The van der Waals surface area contributed by atoms with E-state index in [0.29, 0.717) is 12.8 Å². The number of nitrogens with zero attached hydrogens (tertiary/aromatic N) is 1. The number of carbonyl (C=O) groups excluding carboxylic acids is 1. The van der Waals surface area contributed by atoms with Crippen molar-refractivity contribution >= 4 is 15.9 Å². The molecule has 1 saturated heterocycles. The monoisotopic (exact) mass is 292 g/mol. The molecule has 112 valence electrons. The molecule has 1 fully saturated rings. The van der Waals surface area contributed by atoms with Gasteiger partial charge in [0.25, 0.3) is 0 Å². The molecule has 7 heteroatoms. The van der Waals surface area contributed by atoms with Crippen LogP contribution in [0, 0.1) is 5.92 Å². The largest absolute Gasteiger partial charge is 0.386 e. The summed E-state index contributed by atoms with van der Waals surface area (Å²) < 4.78 is 25.0. The molecule has 1 heterocycles. The fraction of sp³-hybridized carbons (Fsp3) is 0.917. The number of β-amino-alcohol motifs (C(OH)–C–C–N with tert-alkyl or cyclic N) is 1. The van der Waals surface area contributed by atoms with Crippen LogP contribution < -0.4 is 4.72 Å². The Hall–Kier alpha value is -0.660. The van der Waals surface area contributed by atoms with Crippen molar-refractivity contribution in [2.24, 2.45) is 5.92 Å². The van der Waals surface area contributed by atoms with Gasteiger partial charge >= 0.3 is 0 Å². The van der Waals surface area contributed by atoms with E-state index < -0.39 is 21.7 Å². The number of rotatable bonds is 6. The molecule has 0 radical (unpaired) electrons.